The summed E-state index contributed by atoms with van der Waals surface area (Å²) in [4.78, 5) is 0. The molecule has 0 bridgehead atoms. The zero-order chi connectivity index (χ0) is 9.84. The molecular formula is C10H12FNO. The largest absolute Gasteiger partial charge is 0.508 e. The van der Waals surface area contributed by atoms with Gasteiger partial charge in [-0.05, 0) is 24.6 Å². The Hall–Kier alpha value is -1.35. The molecule has 1 aromatic rings. The topological polar surface area (TPSA) is 46.2 Å². The molecule has 0 saturated carbocycles. The summed E-state index contributed by atoms with van der Waals surface area (Å²) in [5, 5.41) is 9.35. The molecule has 1 aromatic carbocycles. The van der Waals surface area contributed by atoms with Gasteiger partial charge >= 0.3 is 0 Å². The van der Waals surface area contributed by atoms with E-state index in [1.165, 1.54) is 18.2 Å². The maximum atomic E-state index is 12.8. The number of phenolic OH excluding ortho intramolecular Hbond substituents is 1. The maximum Gasteiger partial charge on any atom is 0.123 e. The summed E-state index contributed by atoms with van der Waals surface area (Å²) < 4.78 is 12.8. The zero-order valence-corrected chi connectivity index (χ0v) is 7.20. The third kappa shape index (κ3) is 2.29. The highest BCUT2D eigenvalue weighted by Gasteiger charge is 2.09. The van der Waals surface area contributed by atoms with E-state index in [1.54, 1.807) is 6.08 Å². The minimum absolute atomic E-state index is 0.0238. The zero-order valence-electron chi connectivity index (χ0n) is 7.20. The molecule has 0 heterocycles. The SMILES string of the molecule is C=CCC(N)c1cc(F)ccc1O. The van der Waals surface area contributed by atoms with Crippen LogP contribution in [0.4, 0.5) is 4.39 Å². The standard InChI is InChI=1S/C10H12FNO/c1-2-3-9(12)8-6-7(11)4-5-10(8)13/h2,4-6,9,13H,1,3,12H2. The average Bonchev–Trinajstić information content (AvgIpc) is 2.09. The van der Waals surface area contributed by atoms with Crippen molar-refractivity contribution in [2.75, 3.05) is 0 Å². The van der Waals surface area contributed by atoms with E-state index in [1.807, 2.05) is 0 Å². The highest BCUT2D eigenvalue weighted by molar-refractivity contribution is 5.35. The summed E-state index contributed by atoms with van der Waals surface area (Å²) in [5.41, 5.74) is 6.09. The van der Waals surface area contributed by atoms with E-state index in [0.29, 0.717) is 12.0 Å². The van der Waals surface area contributed by atoms with Gasteiger partial charge in [0.15, 0.2) is 0 Å². The van der Waals surface area contributed by atoms with Gasteiger partial charge in [0.1, 0.15) is 11.6 Å². The van der Waals surface area contributed by atoms with Crippen LogP contribution >= 0.6 is 0 Å². The molecule has 1 atom stereocenters. The van der Waals surface area contributed by atoms with Crippen molar-refractivity contribution in [3.05, 3.63) is 42.2 Å². The first kappa shape index (κ1) is 9.74. The number of hydrogen-bond donors (Lipinski definition) is 2. The normalized spacial score (nSPS) is 12.5. The molecule has 1 unspecified atom stereocenters. The number of halogens is 1. The van der Waals surface area contributed by atoms with Gasteiger partial charge in [0.2, 0.25) is 0 Å². The summed E-state index contributed by atoms with van der Waals surface area (Å²) >= 11 is 0. The molecule has 70 valence electrons. The number of rotatable bonds is 3. The molecule has 0 aliphatic carbocycles. The maximum absolute atomic E-state index is 12.8. The lowest BCUT2D eigenvalue weighted by Crippen LogP contribution is -2.09. The van der Waals surface area contributed by atoms with Gasteiger partial charge < -0.3 is 10.8 Å². The molecule has 2 nitrogen and oxygen atoms in total. The minimum Gasteiger partial charge on any atom is -0.508 e. The van der Waals surface area contributed by atoms with Crippen LogP contribution in [0.1, 0.15) is 18.0 Å². The first-order valence-corrected chi connectivity index (χ1v) is 4.00. The van der Waals surface area contributed by atoms with Crippen molar-refractivity contribution in [2.45, 2.75) is 12.5 Å². The van der Waals surface area contributed by atoms with Crippen LogP contribution in [0.2, 0.25) is 0 Å². The number of aromatic hydroxyl groups is 1. The fourth-order valence-electron chi connectivity index (χ4n) is 1.13. The molecule has 3 heteroatoms. The fourth-order valence-corrected chi connectivity index (χ4v) is 1.13. The molecule has 0 amide bonds. The lowest BCUT2D eigenvalue weighted by atomic mass is 10.0. The molecule has 0 saturated heterocycles. The predicted octanol–water partition coefficient (Wildman–Crippen LogP) is 2.11. The van der Waals surface area contributed by atoms with E-state index in [0.717, 1.165) is 0 Å². The van der Waals surface area contributed by atoms with Crippen molar-refractivity contribution in [3.63, 3.8) is 0 Å². The molecule has 3 N–H and O–H groups in total. The van der Waals surface area contributed by atoms with Crippen LogP contribution in [0.25, 0.3) is 0 Å². The summed E-state index contributed by atoms with van der Waals surface area (Å²) in [6.45, 7) is 3.52. The van der Waals surface area contributed by atoms with Crippen molar-refractivity contribution in [3.8, 4) is 5.75 Å². The summed E-state index contributed by atoms with van der Waals surface area (Å²) in [6.07, 6.45) is 2.14. The Morgan fingerprint density at radius 1 is 1.62 bits per heavy atom. The Balaban J connectivity index is 2.97. The van der Waals surface area contributed by atoms with E-state index in [9.17, 15) is 9.50 Å². The summed E-state index contributed by atoms with van der Waals surface area (Å²) in [5.74, 6) is -0.372. The van der Waals surface area contributed by atoms with Crippen LogP contribution in [0.3, 0.4) is 0 Å². The third-order valence-corrected chi connectivity index (χ3v) is 1.81. The smallest absolute Gasteiger partial charge is 0.123 e. The Bertz CT molecular complexity index is 312. The van der Waals surface area contributed by atoms with Crippen molar-refractivity contribution in [1.29, 1.82) is 0 Å². The third-order valence-electron chi connectivity index (χ3n) is 1.81. The Morgan fingerprint density at radius 3 is 2.92 bits per heavy atom. The van der Waals surface area contributed by atoms with E-state index >= 15 is 0 Å². The van der Waals surface area contributed by atoms with Gasteiger partial charge in [0, 0.05) is 11.6 Å². The first-order chi connectivity index (χ1) is 6.15. The van der Waals surface area contributed by atoms with Gasteiger partial charge in [0.05, 0.1) is 0 Å². The van der Waals surface area contributed by atoms with Crippen LogP contribution < -0.4 is 5.73 Å². The van der Waals surface area contributed by atoms with Crippen molar-refractivity contribution >= 4 is 0 Å². The van der Waals surface area contributed by atoms with Crippen LogP contribution in [0.15, 0.2) is 30.9 Å². The minimum atomic E-state index is -0.396. The van der Waals surface area contributed by atoms with E-state index in [2.05, 4.69) is 6.58 Å². The molecule has 1 rings (SSSR count). The second-order valence-electron chi connectivity index (χ2n) is 2.83. The van der Waals surface area contributed by atoms with Crippen LogP contribution in [0.5, 0.6) is 5.75 Å². The lowest BCUT2D eigenvalue weighted by Gasteiger charge is -2.11. The first-order valence-electron chi connectivity index (χ1n) is 4.00. The second kappa shape index (κ2) is 4.05. The van der Waals surface area contributed by atoms with Gasteiger partial charge in [-0.1, -0.05) is 6.08 Å². The Labute approximate surface area is 76.5 Å². The monoisotopic (exact) mass is 181 g/mol. The van der Waals surface area contributed by atoms with Crippen molar-refractivity contribution < 1.29 is 9.50 Å². The Morgan fingerprint density at radius 2 is 2.31 bits per heavy atom. The molecule has 13 heavy (non-hydrogen) atoms. The van der Waals surface area contributed by atoms with Crippen LogP contribution in [-0.2, 0) is 0 Å². The van der Waals surface area contributed by atoms with Crippen LogP contribution in [-0.4, -0.2) is 5.11 Å². The predicted molar refractivity (Wildman–Crippen MR) is 49.8 cm³/mol. The summed E-state index contributed by atoms with van der Waals surface area (Å²) in [7, 11) is 0. The number of phenols is 1. The lowest BCUT2D eigenvalue weighted by molar-refractivity contribution is 0.458. The van der Waals surface area contributed by atoms with E-state index in [-0.39, 0.29) is 5.75 Å². The molecule has 0 aromatic heterocycles. The van der Waals surface area contributed by atoms with Gasteiger partial charge in [0.25, 0.3) is 0 Å². The number of nitrogens with two attached hydrogens (primary N) is 1. The molecule has 0 radical (unpaired) electrons. The number of hydrogen-bond acceptors (Lipinski definition) is 2. The van der Waals surface area contributed by atoms with Crippen molar-refractivity contribution in [1.82, 2.24) is 0 Å². The second-order valence-corrected chi connectivity index (χ2v) is 2.83. The molecule has 0 aliphatic rings. The van der Waals surface area contributed by atoms with Crippen molar-refractivity contribution in [2.24, 2.45) is 5.73 Å². The van der Waals surface area contributed by atoms with Gasteiger partial charge in [-0.2, -0.15) is 0 Å². The van der Waals surface area contributed by atoms with Gasteiger partial charge in [-0.25, -0.2) is 4.39 Å². The Kier molecular flexibility index (Phi) is 3.03. The van der Waals surface area contributed by atoms with Gasteiger partial charge in [-0.15, -0.1) is 6.58 Å². The number of benzene rings is 1. The van der Waals surface area contributed by atoms with E-state index < -0.39 is 11.9 Å². The molecule has 0 fully saturated rings. The highest BCUT2D eigenvalue weighted by Crippen LogP contribution is 2.25. The average molecular weight is 181 g/mol. The van der Waals surface area contributed by atoms with Crippen LogP contribution in [0, 0.1) is 5.82 Å². The summed E-state index contributed by atoms with van der Waals surface area (Å²) in [6, 6.07) is 3.34. The van der Waals surface area contributed by atoms with E-state index in [4.69, 9.17) is 5.73 Å². The molecule has 0 spiro atoms. The quantitative estimate of drug-likeness (QED) is 0.701. The molecule has 0 aliphatic heterocycles. The fraction of sp³-hybridized carbons (Fsp3) is 0.200. The highest BCUT2D eigenvalue weighted by atomic mass is 19.1. The molecular weight excluding hydrogens is 169 g/mol. The van der Waals surface area contributed by atoms with Gasteiger partial charge in [-0.3, -0.25) is 0 Å².